The van der Waals surface area contributed by atoms with E-state index in [1.165, 1.54) is 57.8 Å². The fourth-order valence-electron chi connectivity index (χ4n) is 4.98. The molecule has 29 heavy (non-hydrogen) atoms. The van der Waals surface area contributed by atoms with Crippen LogP contribution in [-0.2, 0) is 9.63 Å². The van der Waals surface area contributed by atoms with Crippen LogP contribution in [0.2, 0.25) is 0 Å². The first-order chi connectivity index (χ1) is 13.6. The number of hydrogen-bond acceptors (Lipinski definition) is 3. The van der Waals surface area contributed by atoms with Crippen molar-refractivity contribution in [1.29, 1.82) is 0 Å². The van der Waals surface area contributed by atoms with Crippen LogP contribution in [0.5, 0.6) is 0 Å². The highest BCUT2D eigenvalue weighted by molar-refractivity contribution is 5.85. The van der Waals surface area contributed by atoms with Crippen molar-refractivity contribution in [2.45, 2.75) is 130 Å². The Bertz CT molecular complexity index is 492. The zero-order chi connectivity index (χ0) is 21.9. The third-order valence-corrected chi connectivity index (χ3v) is 6.16. The van der Waals surface area contributed by atoms with Gasteiger partial charge in [0, 0.05) is 16.7 Å². The maximum atomic E-state index is 11.2. The molecule has 0 spiro atoms. The lowest BCUT2D eigenvalue weighted by Crippen LogP contribution is -2.60. The average molecular weight is 410 g/mol. The molecular formula is C25H47NO3. The number of hydrogen-bond donors (Lipinski definition) is 1. The summed E-state index contributed by atoms with van der Waals surface area (Å²) < 4.78 is 0. The number of allylic oxidation sites excluding steroid dienone is 1. The first kappa shape index (κ1) is 26.2. The molecule has 0 radical (unpaired) electrons. The molecule has 1 N–H and O–H groups in total. The summed E-state index contributed by atoms with van der Waals surface area (Å²) in [4.78, 5) is 17.5. The van der Waals surface area contributed by atoms with Crippen LogP contribution in [0.4, 0.5) is 0 Å². The number of nitrogens with zero attached hydrogens (tertiary/aromatic N) is 1. The van der Waals surface area contributed by atoms with Crippen LogP contribution in [0.1, 0.15) is 119 Å². The Hall–Kier alpha value is -0.870. The predicted molar refractivity (Wildman–Crippen MR) is 122 cm³/mol. The summed E-state index contributed by atoms with van der Waals surface area (Å²) in [6, 6.07) is 0. The first-order valence-corrected chi connectivity index (χ1v) is 11.9. The smallest absolute Gasteiger partial charge is 0.330 e. The van der Waals surface area contributed by atoms with E-state index in [9.17, 15) is 9.90 Å². The lowest BCUT2D eigenvalue weighted by atomic mass is 9.75. The normalized spacial score (nSPS) is 20.1. The number of hydroxylamine groups is 2. The lowest BCUT2D eigenvalue weighted by Gasteiger charge is -2.53. The largest absolute Gasteiger partial charge is 0.478 e. The van der Waals surface area contributed by atoms with E-state index in [1.807, 2.05) is 6.08 Å². The third kappa shape index (κ3) is 9.65. The standard InChI is InChI=1S/C25H47NO3/c1-7-8-9-10-11-12-13-14-15-16-17-29-26-24(3,4)19-22(20-25(26,5)6)18-21(2)23(27)28/h18,22H,7-17,19-20H2,1-6H3,(H,27,28)/b21-18+. The van der Waals surface area contributed by atoms with E-state index >= 15 is 0 Å². The van der Waals surface area contributed by atoms with Crippen LogP contribution in [0.3, 0.4) is 0 Å². The number of rotatable bonds is 14. The van der Waals surface area contributed by atoms with Crippen LogP contribution >= 0.6 is 0 Å². The summed E-state index contributed by atoms with van der Waals surface area (Å²) in [6.07, 6.45) is 17.1. The van der Waals surface area contributed by atoms with Gasteiger partial charge in [0.2, 0.25) is 0 Å². The number of carboxylic acids is 1. The van der Waals surface area contributed by atoms with Crippen molar-refractivity contribution in [3.05, 3.63) is 11.6 Å². The summed E-state index contributed by atoms with van der Waals surface area (Å²) in [5.41, 5.74) is 0.224. The van der Waals surface area contributed by atoms with Crippen LogP contribution in [0.25, 0.3) is 0 Å². The minimum Gasteiger partial charge on any atom is -0.478 e. The zero-order valence-corrected chi connectivity index (χ0v) is 20.1. The number of aliphatic carboxylic acids is 1. The van der Waals surface area contributed by atoms with E-state index in [0.29, 0.717) is 5.57 Å². The van der Waals surface area contributed by atoms with E-state index in [-0.39, 0.29) is 17.0 Å². The minimum absolute atomic E-state index is 0.111. The topological polar surface area (TPSA) is 49.8 Å². The van der Waals surface area contributed by atoms with Gasteiger partial charge in [-0.25, -0.2) is 4.79 Å². The van der Waals surface area contributed by atoms with Gasteiger partial charge >= 0.3 is 5.97 Å². The lowest BCUT2D eigenvalue weighted by molar-refractivity contribution is -0.285. The van der Waals surface area contributed by atoms with Gasteiger partial charge in [-0.15, -0.1) is 0 Å². The molecule has 0 saturated carbocycles. The maximum Gasteiger partial charge on any atom is 0.330 e. The molecule has 0 amide bonds. The van der Waals surface area contributed by atoms with Crippen molar-refractivity contribution in [2.75, 3.05) is 6.61 Å². The quantitative estimate of drug-likeness (QED) is 0.245. The van der Waals surface area contributed by atoms with Crippen LogP contribution in [-0.4, -0.2) is 33.8 Å². The second kappa shape index (κ2) is 12.7. The molecule has 1 fully saturated rings. The van der Waals surface area contributed by atoms with Crippen LogP contribution < -0.4 is 0 Å². The van der Waals surface area contributed by atoms with Crippen LogP contribution in [0, 0.1) is 5.92 Å². The van der Waals surface area contributed by atoms with Crippen LogP contribution in [0.15, 0.2) is 11.6 Å². The number of carboxylic acid groups (broad SMARTS) is 1. The van der Waals surface area contributed by atoms with Crippen molar-refractivity contribution in [3.63, 3.8) is 0 Å². The van der Waals surface area contributed by atoms with Crippen molar-refractivity contribution in [1.82, 2.24) is 5.06 Å². The molecule has 0 aliphatic carbocycles. The Balaban J connectivity index is 2.33. The van der Waals surface area contributed by atoms with Crippen molar-refractivity contribution >= 4 is 5.97 Å². The fraction of sp³-hybridized carbons (Fsp3) is 0.880. The molecule has 1 saturated heterocycles. The van der Waals surface area contributed by atoms with E-state index in [1.54, 1.807) is 6.92 Å². The Labute approximate surface area is 180 Å². The highest BCUT2D eigenvalue weighted by atomic mass is 16.7. The van der Waals surface area contributed by atoms with Gasteiger partial charge in [0.1, 0.15) is 0 Å². The molecule has 0 aromatic heterocycles. The molecule has 4 nitrogen and oxygen atoms in total. The van der Waals surface area contributed by atoms with E-state index in [2.05, 4.69) is 39.7 Å². The Morgan fingerprint density at radius 1 is 0.931 bits per heavy atom. The maximum absolute atomic E-state index is 11.2. The molecule has 170 valence electrons. The van der Waals surface area contributed by atoms with Gasteiger partial charge in [0.05, 0.1) is 6.61 Å². The molecular weight excluding hydrogens is 362 g/mol. The third-order valence-electron chi connectivity index (χ3n) is 6.16. The molecule has 1 aliphatic heterocycles. The Morgan fingerprint density at radius 2 is 1.38 bits per heavy atom. The molecule has 0 unspecified atom stereocenters. The molecule has 0 aromatic rings. The van der Waals surface area contributed by atoms with Gasteiger partial charge < -0.3 is 5.11 Å². The van der Waals surface area contributed by atoms with Gasteiger partial charge in [-0.2, -0.15) is 5.06 Å². The van der Waals surface area contributed by atoms with Gasteiger partial charge in [-0.1, -0.05) is 70.8 Å². The van der Waals surface area contributed by atoms with E-state index in [0.717, 1.165) is 25.9 Å². The van der Waals surface area contributed by atoms with E-state index < -0.39 is 5.97 Å². The first-order valence-electron chi connectivity index (χ1n) is 11.9. The highest BCUT2D eigenvalue weighted by Gasteiger charge is 2.45. The number of piperidine rings is 1. The summed E-state index contributed by atoms with van der Waals surface area (Å²) in [7, 11) is 0. The van der Waals surface area contributed by atoms with Crippen molar-refractivity contribution in [3.8, 4) is 0 Å². The van der Waals surface area contributed by atoms with Gasteiger partial charge in [0.15, 0.2) is 0 Å². The molecule has 4 heteroatoms. The number of unbranched alkanes of at least 4 members (excludes halogenated alkanes) is 9. The predicted octanol–water partition coefficient (Wildman–Crippen LogP) is 7.14. The minimum atomic E-state index is -0.819. The molecule has 1 aliphatic rings. The van der Waals surface area contributed by atoms with Gasteiger partial charge in [0.25, 0.3) is 0 Å². The number of carbonyl (C=O) groups is 1. The monoisotopic (exact) mass is 409 g/mol. The van der Waals surface area contributed by atoms with Gasteiger partial charge in [-0.3, -0.25) is 4.84 Å². The molecule has 0 bridgehead atoms. The SMILES string of the molecule is CCCCCCCCCCCCON1C(C)(C)CC(/C=C(\C)C(=O)O)CC1(C)C. The molecule has 1 heterocycles. The second-order valence-corrected chi connectivity index (χ2v) is 10.3. The zero-order valence-electron chi connectivity index (χ0n) is 20.1. The van der Waals surface area contributed by atoms with Crippen molar-refractivity contribution in [2.24, 2.45) is 5.92 Å². The molecule has 1 rings (SSSR count). The van der Waals surface area contributed by atoms with E-state index in [4.69, 9.17) is 4.84 Å². The molecule has 0 aromatic carbocycles. The summed E-state index contributed by atoms with van der Waals surface area (Å²) in [5.74, 6) is -0.548. The second-order valence-electron chi connectivity index (χ2n) is 10.3. The average Bonchev–Trinajstić information content (AvgIpc) is 2.60. The fourth-order valence-corrected chi connectivity index (χ4v) is 4.98. The summed E-state index contributed by atoms with van der Waals surface area (Å²) in [6.45, 7) is 13.6. The highest BCUT2D eigenvalue weighted by Crippen LogP contribution is 2.42. The summed E-state index contributed by atoms with van der Waals surface area (Å²) in [5, 5.41) is 11.4. The summed E-state index contributed by atoms with van der Waals surface area (Å²) >= 11 is 0. The Kier molecular flexibility index (Phi) is 11.5. The molecule has 0 atom stereocenters. The van der Waals surface area contributed by atoms with Crippen molar-refractivity contribution < 1.29 is 14.7 Å². The Morgan fingerprint density at radius 3 is 1.83 bits per heavy atom. The van der Waals surface area contributed by atoms with Gasteiger partial charge in [-0.05, 0) is 59.8 Å².